The van der Waals surface area contributed by atoms with Gasteiger partial charge in [0.25, 0.3) is 0 Å². The molecule has 0 aliphatic carbocycles. The van der Waals surface area contributed by atoms with Crippen LogP contribution in [0.4, 0.5) is 24.5 Å². The Bertz CT molecular complexity index is 705. The summed E-state index contributed by atoms with van der Waals surface area (Å²) in [7, 11) is 0. The Hall–Kier alpha value is -2.37. The molecule has 6 heteroatoms. The Balaban J connectivity index is 2.19. The monoisotopic (exact) mass is 322 g/mol. The van der Waals surface area contributed by atoms with Crippen molar-refractivity contribution in [2.75, 3.05) is 23.7 Å². The predicted octanol–water partition coefficient (Wildman–Crippen LogP) is 4.26. The van der Waals surface area contributed by atoms with Gasteiger partial charge < -0.3 is 15.7 Å². The van der Waals surface area contributed by atoms with Crippen LogP contribution in [0.15, 0.2) is 36.4 Å². The average Bonchev–Trinajstić information content (AvgIpc) is 3.00. The highest BCUT2D eigenvalue weighted by Crippen LogP contribution is 2.42. The molecule has 2 aromatic rings. The molecule has 0 spiro atoms. The van der Waals surface area contributed by atoms with Crippen molar-refractivity contribution in [2.45, 2.75) is 19.0 Å². The van der Waals surface area contributed by atoms with E-state index in [1.165, 1.54) is 12.1 Å². The summed E-state index contributed by atoms with van der Waals surface area (Å²) in [6.07, 6.45) is -2.46. The summed E-state index contributed by atoms with van der Waals surface area (Å²) >= 11 is 0. The Morgan fingerprint density at radius 2 is 1.61 bits per heavy atom. The van der Waals surface area contributed by atoms with Gasteiger partial charge in [-0.15, -0.1) is 0 Å². The van der Waals surface area contributed by atoms with E-state index in [1.54, 1.807) is 12.1 Å². The van der Waals surface area contributed by atoms with Crippen LogP contribution in [0.5, 0.6) is 5.75 Å². The van der Waals surface area contributed by atoms with E-state index in [-0.39, 0.29) is 11.4 Å². The SMILES string of the molecule is Nc1cc(C(F)(F)F)cc(-c2ccc(O)cc2)c1N1CCCC1. The minimum Gasteiger partial charge on any atom is -0.508 e. The standard InChI is InChI=1S/C17H17F3N2O/c18-17(19,20)12-9-14(11-3-5-13(23)6-4-11)16(15(21)10-12)22-7-1-2-8-22/h3-6,9-10,23H,1-2,7-8,21H2. The lowest BCUT2D eigenvalue weighted by Crippen LogP contribution is -2.21. The molecule has 1 saturated heterocycles. The van der Waals surface area contributed by atoms with Crippen LogP contribution < -0.4 is 10.6 Å². The third kappa shape index (κ3) is 3.06. The van der Waals surface area contributed by atoms with Gasteiger partial charge in [-0.1, -0.05) is 12.1 Å². The number of anilines is 2. The maximum Gasteiger partial charge on any atom is 0.416 e. The van der Waals surface area contributed by atoms with Crippen molar-refractivity contribution in [1.29, 1.82) is 0 Å². The molecule has 0 atom stereocenters. The lowest BCUT2D eigenvalue weighted by Gasteiger charge is -2.25. The lowest BCUT2D eigenvalue weighted by molar-refractivity contribution is -0.137. The van der Waals surface area contributed by atoms with Crippen LogP contribution in [0.3, 0.4) is 0 Å². The summed E-state index contributed by atoms with van der Waals surface area (Å²) in [5.74, 6) is 0.0661. The summed E-state index contributed by atoms with van der Waals surface area (Å²) in [5, 5.41) is 9.41. The van der Waals surface area contributed by atoms with Crippen LogP contribution in [-0.4, -0.2) is 18.2 Å². The largest absolute Gasteiger partial charge is 0.508 e. The molecule has 3 rings (SSSR count). The van der Waals surface area contributed by atoms with Gasteiger partial charge in [0, 0.05) is 18.7 Å². The molecule has 0 amide bonds. The van der Waals surface area contributed by atoms with Crippen molar-refractivity contribution in [3.8, 4) is 16.9 Å². The van der Waals surface area contributed by atoms with Crippen LogP contribution in [0.2, 0.25) is 0 Å². The molecule has 0 unspecified atom stereocenters. The van der Waals surface area contributed by atoms with Gasteiger partial charge in [-0.2, -0.15) is 13.2 Å². The average molecular weight is 322 g/mol. The van der Waals surface area contributed by atoms with Crippen LogP contribution in [0, 0.1) is 0 Å². The summed E-state index contributed by atoms with van der Waals surface area (Å²) in [5.41, 5.74) is 7.02. The predicted molar refractivity (Wildman–Crippen MR) is 84.4 cm³/mol. The normalized spacial score (nSPS) is 15.2. The van der Waals surface area contributed by atoms with Gasteiger partial charge in [-0.05, 0) is 42.7 Å². The maximum absolute atomic E-state index is 13.1. The first-order chi connectivity index (χ1) is 10.9. The van der Waals surface area contributed by atoms with Gasteiger partial charge in [0.1, 0.15) is 5.75 Å². The molecule has 3 N–H and O–H groups in total. The van der Waals surface area contributed by atoms with Gasteiger partial charge in [0.15, 0.2) is 0 Å². The topological polar surface area (TPSA) is 49.5 Å². The molecule has 1 aliphatic heterocycles. The molecule has 0 saturated carbocycles. The van der Waals surface area contributed by atoms with Crippen molar-refractivity contribution in [1.82, 2.24) is 0 Å². The zero-order valence-electron chi connectivity index (χ0n) is 12.4. The summed E-state index contributed by atoms with van der Waals surface area (Å²) < 4.78 is 39.4. The lowest BCUT2D eigenvalue weighted by atomic mass is 9.98. The Kier molecular flexibility index (Phi) is 3.83. The Labute approximate surface area is 132 Å². The van der Waals surface area contributed by atoms with Crippen LogP contribution in [0.25, 0.3) is 11.1 Å². The zero-order valence-corrected chi connectivity index (χ0v) is 12.4. The molecule has 0 radical (unpaired) electrons. The molecule has 1 aliphatic rings. The summed E-state index contributed by atoms with van der Waals surface area (Å²) in [4.78, 5) is 2.03. The van der Waals surface area contributed by atoms with E-state index >= 15 is 0 Å². The third-order valence-corrected chi connectivity index (χ3v) is 4.07. The second-order valence-electron chi connectivity index (χ2n) is 5.70. The second-order valence-corrected chi connectivity index (χ2v) is 5.70. The maximum atomic E-state index is 13.1. The van der Waals surface area contributed by atoms with Crippen LogP contribution in [-0.2, 0) is 6.18 Å². The van der Waals surface area contributed by atoms with E-state index in [4.69, 9.17) is 5.73 Å². The fourth-order valence-corrected chi connectivity index (χ4v) is 2.98. The number of alkyl halides is 3. The number of hydrogen-bond acceptors (Lipinski definition) is 3. The van der Waals surface area contributed by atoms with Crippen molar-refractivity contribution in [3.05, 3.63) is 42.0 Å². The fourth-order valence-electron chi connectivity index (χ4n) is 2.98. The highest BCUT2D eigenvalue weighted by Gasteiger charge is 2.33. The zero-order chi connectivity index (χ0) is 16.6. The number of phenols is 1. The van der Waals surface area contributed by atoms with E-state index in [0.29, 0.717) is 16.8 Å². The van der Waals surface area contributed by atoms with Crippen LogP contribution >= 0.6 is 0 Å². The highest BCUT2D eigenvalue weighted by molar-refractivity contribution is 5.88. The van der Waals surface area contributed by atoms with E-state index < -0.39 is 11.7 Å². The number of nitrogen functional groups attached to an aromatic ring is 1. The molecule has 23 heavy (non-hydrogen) atoms. The summed E-state index contributed by atoms with van der Waals surface area (Å²) in [6, 6.07) is 8.25. The Morgan fingerprint density at radius 1 is 1.00 bits per heavy atom. The van der Waals surface area contributed by atoms with E-state index in [2.05, 4.69) is 0 Å². The van der Waals surface area contributed by atoms with Gasteiger partial charge in [-0.3, -0.25) is 0 Å². The molecule has 1 fully saturated rings. The number of nitrogens with zero attached hydrogens (tertiary/aromatic N) is 1. The minimum absolute atomic E-state index is 0.0661. The fraction of sp³-hybridized carbons (Fsp3) is 0.294. The van der Waals surface area contributed by atoms with Gasteiger partial charge in [0.05, 0.1) is 16.9 Å². The first-order valence-corrected chi connectivity index (χ1v) is 7.41. The number of phenolic OH excluding ortho intramolecular Hbond substituents is 1. The van der Waals surface area contributed by atoms with E-state index in [1.807, 2.05) is 4.90 Å². The van der Waals surface area contributed by atoms with Gasteiger partial charge >= 0.3 is 6.18 Å². The van der Waals surface area contributed by atoms with Crippen molar-refractivity contribution in [2.24, 2.45) is 0 Å². The molecule has 0 bridgehead atoms. The number of rotatable bonds is 2. The van der Waals surface area contributed by atoms with E-state index in [9.17, 15) is 18.3 Å². The molecule has 2 aromatic carbocycles. The van der Waals surface area contributed by atoms with Crippen LogP contribution in [0.1, 0.15) is 18.4 Å². The smallest absolute Gasteiger partial charge is 0.416 e. The minimum atomic E-state index is -4.46. The van der Waals surface area contributed by atoms with E-state index in [0.717, 1.165) is 38.1 Å². The number of hydrogen-bond donors (Lipinski definition) is 2. The second kappa shape index (κ2) is 5.68. The first kappa shape index (κ1) is 15.5. The number of halogens is 3. The quantitative estimate of drug-likeness (QED) is 0.812. The number of benzene rings is 2. The molecule has 1 heterocycles. The number of nitrogens with two attached hydrogens (primary N) is 1. The molecule has 122 valence electrons. The van der Waals surface area contributed by atoms with Crippen molar-refractivity contribution >= 4 is 11.4 Å². The number of aromatic hydroxyl groups is 1. The highest BCUT2D eigenvalue weighted by atomic mass is 19.4. The summed E-state index contributed by atoms with van der Waals surface area (Å²) in [6.45, 7) is 1.56. The molecular weight excluding hydrogens is 305 g/mol. The molecule has 0 aromatic heterocycles. The van der Waals surface area contributed by atoms with Crippen molar-refractivity contribution in [3.63, 3.8) is 0 Å². The molecular formula is C17H17F3N2O. The van der Waals surface area contributed by atoms with Crippen molar-refractivity contribution < 1.29 is 18.3 Å². The van der Waals surface area contributed by atoms with Gasteiger partial charge in [0.2, 0.25) is 0 Å². The molecule has 3 nitrogen and oxygen atoms in total. The third-order valence-electron chi connectivity index (χ3n) is 4.07. The van der Waals surface area contributed by atoms with Gasteiger partial charge in [-0.25, -0.2) is 0 Å². The Morgan fingerprint density at radius 3 is 2.17 bits per heavy atom. The first-order valence-electron chi connectivity index (χ1n) is 7.41.